The van der Waals surface area contributed by atoms with Crippen molar-refractivity contribution in [2.45, 2.75) is 26.9 Å². The Morgan fingerprint density at radius 3 is 2.51 bits per heavy atom. The first kappa shape index (κ1) is 22.3. The van der Waals surface area contributed by atoms with Gasteiger partial charge in [0.1, 0.15) is 23.3 Å². The van der Waals surface area contributed by atoms with Crippen LogP contribution in [-0.2, 0) is 17.9 Å². The highest BCUT2D eigenvalue weighted by Gasteiger charge is 2.22. The first-order chi connectivity index (χ1) is 16.9. The van der Waals surface area contributed by atoms with Crippen LogP contribution >= 0.6 is 0 Å². The third-order valence-corrected chi connectivity index (χ3v) is 5.86. The van der Waals surface area contributed by atoms with Crippen LogP contribution in [0.25, 0.3) is 22.4 Å². The summed E-state index contributed by atoms with van der Waals surface area (Å²) in [6, 6.07) is 17.4. The first-order valence-electron chi connectivity index (χ1n) is 11.1. The van der Waals surface area contributed by atoms with Gasteiger partial charge in [0.15, 0.2) is 5.82 Å². The lowest BCUT2D eigenvalue weighted by Crippen LogP contribution is -2.34. The molecule has 2 aromatic carbocycles. The van der Waals surface area contributed by atoms with Crippen LogP contribution in [-0.4, -0.2) is 30.0 Å². The third-order valence-electron chi connectivity index (χ3n) is 5.86. The van der Waals surface area contributed by atoms with Crippen molar-refractivity contribution in [3.8, 4) is 11.5 Å². The number of rotatable bonds is 6. The highest BCUT2D eigenvalue weighted by atomic mass is 19.1. The number of benzene rings is 2. The molecule has 0 saturated carbocycles. The van der Waals surface area contributed by atoms with Gasteiger partial charge in [0.05, 0.1) is 11.4 Å². The fourth-order valence-electron chi connectivity index (χ4n) is 4.07. The van der Waals surface area contributed by atoms with Crippen LogP contribution in [0.15, 0.2) is 77.9 Å². The number of fused-ring (bicyclic) bond motifs is 1. The highest BCUT2D eigenvalue weighted by Crippen LogP contribution is 2.24. The van der Waals surface area contributed by atoms with Gasteiger partial charge in [-0.2, -0.15) is 10.2 Å². The average molecular weight is 471 g/mol. The van der Waals surface area contributed by atoms with E-state index in [9.17, 15) is 14.0 Å². The molecule has 1 amide bonds. The topological polar surface area (TPSA) is 86.7 Å². The molecule has 9 heteroatoms. The summed E-state index contributed by atoms with van der Waals surface area (Å²) in [5.74, 6) is -0.306. The molecule has 0 aliphatic carbocycles. The van der Waals surface area contributed by atoms with Crippen molar-refractivity contribution >= 4 is 16.8 Å². The van der Waals surface area contributed by atoms with Crippen molar-refractivity contribution in [2.24, 2.45) is 0 Å². The molecule has 8 nitrogen and oxygen atoms in total. The molecule has 0 aliphatic rings. The summed E-state index contributed by atoms with van der Waals surface area (Å²) in [5, 5.41) is 12.1. The number of aryl methyl sites for hydroxylation is 2. The lowest BCUT2D eigenvalue weighted by Gasteiger charge is -2.10. The van der Waals surface area contributed by atoms with Crippen molar-refractivity contribution in [1.29, 1.82) is 0 Å². The minimum absolute atomic E-state index is 0.238. The SMILES string of the molecule is Cc1ccccc1CNC(=O)Cn1nc(C)c2nn(-c3cccc(F)c3)c(-n3cccc3)c2c1=O. The largest absolute Gasteiger partial charge is 0.350 e. The maximum atomic E-state index is 14.0. The number of hydrogen-bond donors (Lipinski definition) is 1. The third kappa shape index (κ3) is 4.23. The molecule has 3 aromatic heterocycles. The zero-order valence-corrected chi connectivity index (χ0v) is 19.3. The van der Waals surface area contributed by atoms with E-state index in [0.717, 1.165) is 15.8 Å². The van der Waals surface area contributed by atoms with Crippen LogP contribution in [0.3, 0.4) is 0 Å². The maximum Gasteiger partial charge on any atom is 0.280 e. The lowest BCUT2D eigenvalue weighted by molar-refractivity contribution is -0.122. The fraction of sp³-hybridized carbons (Fsp3) is 0.154. The van der Waals surface area contributed by atoms with E-state index in [1.807, 2.05) is 43.3 Å². The second kappa shape index (κ2) is 9.02. The van der Waals surface area contributed by atoms with Gasteiger partial charge in [-0.05, 0) is 55.3 Å². The van der Waals surface area contributed by atoms with E-state index in [1.54, 1.807) is 36.0 Å². The van der Waals surface area contributed by atoms with Crippen LogP contribution < -0.4 is 10.9 Å². The van der Waals surface area contributed by atoms with Crippen molar-refractivity contribution in [3.63, 3.8) is 0 Å². The Kier molecular flexibility index (Phi) is 5.74. The number of nitrogens with one attached hydrogen (secondary N) is 1. The molecule has 5 rings (SSSR count). The Morgan fingerprint density at radius 2 is 1.77 bits per heavy atom. The van der Waals surface area contributed by atoms with Crippen LogP contribution in [0.2, 0.25) is 0 Å². The summed E-state index contributed by atoms with van der Waals surface area (Å²) in [6.07, 6.45) is 3.56. The Bertz CT molecular complexity index is 1600. The molecule has 0 bridgehead atoms. The second-order valence-corrected chi connectivity index (χ2v) is 8.28. The summed E-state index contributed by atoms with van der Waals surface area (Å²) >= 11 is 0. The monoisotopic (exact) mass is 470 g/mol. The standard InChI is InChI=1S/C26H23FN6O2/c1-17-8-3-4-9-19(17)15-28-22(34)16-32-26(35)23-24(18(2)29-32)30-33(21-11-7-10-20(27)14-21)25(23)31-12-5-6-13-31/h3-14H,15-16H2,1-2H3,(H,28,34). The van der Waals surface area contributed by atoms with Crippen molar-refractivity contribution in [1.82, 2.24) is 29.4 Å². The normalized spacial score (nSPS) is 11.2. The molecule has 35 heavy (non-hydrogen) atoms. The van der Waals surface area contributed by atoms with Gasteiger partial charge in [0, 0.05) is 18.9 Å². The molecule has 1 N–H and O–H groups in total. The molecule has 3 heterocycles. The molecule has 0 radical (unpaired) electrons. The van der Waals surface area contributed by atoms with E-state index in [2.05, 4.69) is 15.5 Å². The van der Waals surface area contributed by atoms with Crippen molar-refractivity contribution in [3.05, 3.63) is 106 Å². The van der Waals surface area contributed by atoms with Crippen molar-refractivity contribution in [2.75, 3.05) is 0 Å². The zero-order chi connectivity index (χ0) is 24.5. The van der Waals surface area contributed by atoms with Gasteiger partial charge in [0.2, 0.25) is 5.91 Å². The quantitative estimate of drug-likeness (QED) is 0.412. The summed E-state index contributed by atoms with van der Waals surface area (Å²) < 4.78 is 18.4. The second-order valence-electron chi connectivity index (χ2n) is 8.28. The Hall–Kier alpha value is -4.53. The molecule has 0 spiro atoms. The smallest absolute Gasteiger partial charge is 0.280 e. The molecule has 0 saturated heterocycles. The zero-order valence-electron chi connectivity index (χ0n) is 19.3. The van der Waals surface area contributed by atoms with E-state index in [0.29, 0.717) is 34.6 Å². The molecule has 176 valence electrons. The average Bonchev–Trinajstić information content (AvgIpc) is 3.50. The number of hydrogen-bond acceptors (Lipinski definition) is 4. The van der Waals surface area contributed by atoms with Gasteiger partial charge in [-0.15, -0.1) is 0 Å². The van der Waals surface area contributed by atoms with Crippen molar-refractivity contribution < 1.29 is 9.18 Å². The minimum atomic E-state index is -0.456. The van der Waals surface area contributed by atoms with Gasteiger partial charge >= 0.3 is 0 Å². The summed E-state index contributed by atoms with van der Waals surface area (Å²) in [4.78, 5) is 26.2. The Balaban J connectivity index is 1.57. The maximum absolute atomic E-state index is 14.0. The highest BCUT2D eigenvalue weighted by molar-refractivity contribution is 5.88. The van der Waals surface area contributed by atoms with E-state index in [1.165, 1.54) is 16.8 Å². The van der Waals surface area contributed by atoms with Gasteiger partial charge in [-0.3, -0.25) is 9.59 Å². The van der Waals surface area contributed by atoms with Crippen LogP contribution in [0.4, 0.5) is 4.39 Å². The summed E-state index contributed by atoms with van der Waals surface area (Å²) in [5.41, 5.74) is 2.95. The van der Waals surface area contributed by atoms with Gasteiger partial charge in [-0.1, -0.05) is 30.3 Å². The summed E-state index contributed by atoms with van der Waals surface area (Å²) in [6.45, 7) is 3.82. The van der Waals surface area contributed by atoms with E-state index in [-0.39, 0.29) is 12.5 Å². The predicted octanol–water partition coefficient (Wildman–Crippen LogP) is 3.45. The number of amides is 1. The van der Waals surface area contributed by atoms with Crippen LogP contribution in [0.1, 0.15) is 16.8 Å². The van der Waals surface area contributed by atoms with E-state index in [4.69, 9.17) is 0 Å². The number of nitrogens with zero attached hydrogens (tertiary/aromatic N) is 5. The minimum Gasteiger partial charge on any atom is -0.350 e. The molecule has 0 unspecified atom stereocenters. The van der Waals surface area contributed by atoms with E-state index >= 15 is 0 Å². The molecular weight excluding hydrogens is 447 g/mol. The van der Waals surface area contributed by atoms with Crippen LogP contribution in [0, 0.1) is 19.7 Å². The van der Waals surface area contributed by atoms with Gasteiger partial charge in [-0.25, -0.2) is 13.8 Å². The number of carbonyl (C=O) groups is 1. The fourth-order valence-corrected chi connectivity index (χ4v) is 4.07. The molecule has 0 fully saturated rings. The summed E-state index contributed by atoms with van der Waals surface area (Å²) in [7, 11) is 0. The van der Waals surface area contributed by atoms with Crippen LogP contribution in [0.5, 0.6) is 0 Å². The molecule has 0 aliphatic heterocycles. The Labute approximate surface area is 200 Å². The number of aromatic nitrogens is 5. The number of halogens is 1. The molecular formula is C26H23FN6O2. The van der Waals surface area contributed by atoms with Gasteiger partial charge in [0.25, 0.3) is 5.56 Å². The number of carbonyl (C=O) groups excluding carboxylic acids is 1. The molecule has 0 atom stereocenters. The van der Waals surface area contributed by atoms with Gasteiger partial charge < -0.3 is 9.88 Å². The lowest BCUT2D eigenvalue weighted by atomic mass is 10.1. The first-order valence-corrected chi connectivity index (χ1v) is 11.1. The molecule has 5 aromatic rings. The van der Waals surface area contributed by atoms with E-state index < -0.39 is 11.4 Å². The predicted molar refractivity (Wildman–Crippen MR) is 130 cm³/mol. The Morgan fingerprint density at radius 1 is 1.00 bits per heavy atom.